The molecule has 0 radical (unpaired) electrons. The monoisotopic (exact) mass is 215 g/mol. The van der Waals surface area contributed by atoms with Crippen LogP contribution in [0.15, 0.2) is 0 Å². The highest BCUT2D eigenvalue weighted by Crippen LogP contribution is 2.25. The molecular formula is C10H21N3O2. The van der Waals surface area contributed by atoms with E-state index in [1.807, 2.05) is 0 Å². The van der Waals surface area contributed by atoms with E-state index in [1.165, 1.54) is 0 Å². The molecule has 2 heterocycles. The lowest BCUT2D eigenvalue weighted by Gasteiger charge is -2.40. The Balaban J connectivity index is 0.00000128. The van der Waals surface area contributed by atoms with Crippen LogP contribution in [-0.4, -0.2) is 41.5 Å². The number of nitrogens with one attached hydrogen (secondary N) is 2. The summed E-state index contributed by atoms with van der Waals surface area (Å²) in [6.45, 7) is 5.84. The van der Waals surface area contributed by atoms with Gasteiger partial charge in [0.25, 0.3) is 5.91 Å². The van der Waals surface area contributed by atoms with Crippen molar-refractivity contribution in [3.63, 3.8) is 0 Å². The predicted molar refractivity (Wildman–Crippen MR) is 59.6 cm³/mol. The van der Waals surface area contributed by atoms with E-state index in [-0.39, 0.29) is 14.8 Å². The molecule has 0 saturated carbocycles. The second kappa shape index (κ2) is 3.48. The van der Waals surface area contributed by atoms with Gasteiger partial charge >= 0.3 is 6.03 Å². The van der Waals surface area contributed by atoms with Crippen LogP contribution in [0.4, 0.5) is 4.79 Å². The Morgan fingerprint density at radius 3 is 2.73 bits per heavy atom. The van der Waals surface area contributed by atoms with E-state index in [0.717, 1.165) is 19.4 Å². The Bertz CT molecular complexity index is 312. The molecule has 0 aromatic carbocycles. The predicted octanol–water partition coefficient (Wildman–Crippen LogP) is 0.561. The van der Waals surface area contributed by atoms with Crippen molar-refractivity contribution in [3.05, 3.63) is 0 Å². The summed E-state index contributed by atoms with van der Waals surface area (Å²) in [4.78, 5) is 25.1. The van der Waals surface area contributed by atoms with Crippen LogP contribution in [0.5, 0.6) is 0 Å². The molecule has 5 nitrogen and oxygen atoms in total. The summed E-state index contributed by atoms with van der Waals surface area (Å²) < 4.78 is 0. The zero-order valence-electron chi connectivity index (χ0n) is 9.17. The van der Waals surface area contributed by atoms with Crippen molar-refractivity contribution in [2.24, 2.45) is 0 Å². The van der Waals surface area contributed by atoms with Gasteiger partial charge in [0, 0.05) is 15.4 Å². The molecule has 2 aliphatic rings. The molecule has 2 N–H and O–H groups in total. The minimum Gasteiger partial charge on any atom is -0.322 e. The number of urea groups is 1. The largest absolute Gasteiger partial charge is 0.322 e. The van der Waals surface area contributed by atoms with Crippen molar-refractivity contribution >= 4 is 11.9 Å². The number of rotatable bonds is 1. The van der Waals surface area contributed by atoms with Crippen molar-refractivity contribution in [2.45, 2.75) is 38.3 Å². The molecule has 2 rings (SSSR count). The smallest absolute Gasteiger partial charge is 0.322 e. The molecular weight excluding hydrogens is 194 g/mol. The van der Waals surface area contributed by atoms with Gasteiger partial charge in [-0.3, -0.25) is 15.0 Å². The summed E-state index contributed by atoms with van der Waals surface area (Å²) >= 11 is 0. The zero-order chi connectivity index (χ0) is 11.1. The lowest BCUT2D eigenvalue weighted by molar-refractivity contribution is -0.126. The Kier molecular flexibility index (Phi) is 2.42. The lowest BCUT2D eigenvalue weighted by Crippen LogP contribution is -2.59. The fourth-order valence-corrected chi connectivity index (χ4v) is 2.34. The quantitative estimate of drug-likeness (QED) is 0.628. The van der Waals surface area contributed by atoms with E-state index in [0.29, 0.717) is 12.6 Å². The van der Waals surface area contributed by atoms with Crippen molar-refractivity contribution in [1.29, 1.82) is 0 Å². The molecule has 1 spiro atoms. The molecule has 5 heteroatoms. The standard InChI is InChI=1S/C10H17N3O2.2H2/c1-7(2)13-5-3-4-10(6-13)8(14)11-9(15)12-10;;/h7H,3-6H2,1-2H3,(H2,11,12,14,15);2*1H. The van der Waals surface area contributed by atoms with Crippen LogP contribution in [-0.2, 0) is 4.79 Å². The van der Waals surface area contributed by atoms with E-state index in [9.17, 15) is 9.59 Å². The van der Waals surface area contributed by atoms with Gasteiger partial charge in [0.1, 0.15) is 5.54 Å². The zero-order valence-corrected chi connectivity index (χ0v) is 9.17. The minimum absolute atomic E-state index is 0. The number of likely N-dealkylation sites (tertiary alicyclic amines) is 1. The van der Waals surface area contributed by atoms with Gasteiger partial charge in [0.2, 0.25) is 0 Å². The van der Waals surface area contributed by atoms with Crippen LogP contribution >= 0.6 is 0 Å². The Labute approximate surface area is 92.2 Å². The Morgan fingerprint density at radius 1 is 1.47 bits per heavy atom. The number of imide groups is 1. The highest BCUT2D eigenvalue weighted by molar-refractivity contribution is 6.07. The number of nitrogens with zero attached hydrogens (tertiary/aromatic N) is 1. The van der Waals surface area contributed by atoms with Crippen molar-refractivity contribution < 1.29 is 12.4 Å². The molecule has 2 aliphatic heterocycles. The first-order valence-corrected chi connectivity index (χ1v) is 5.41. The first-order chi connectivity index (χ1) is 7.03. The highest BCUT2D eigenvalue weighted by Gasteiger charge is 2.48. The van der Waals surface area contributed by atoms with E-state index in [1.54, 1.807) is 0 Å². The number of hydrogen-bond donors (Lipinski definition) is 2. The molecule has 3 amide bonds. The van der Waals surface area contributed by atoms with Gasteiger partial charge in [-0.25, -0.2) is 4.79 Å². The Morgan fingerprint density at radius 2 is 2.20 bits per heavy atom. The average Bonchev–Trinajstić information content (AvgIpc) is 2.41. The fraction of sp³-hybridized carbons (Fsp3) is 0.800. The van der Waals surface area contributed by atoms with Crippen LogP contribution in [0.2, 0.25) is 0 Å². The first-order valence-electron chi connectivity index (χ1n) is 5.41. The summed E-state index contributed by atoms with van der Waals surface area (Å²) in [5.41, 5.74) is -0.667. The molecule has 0 bridgehead atoms. The minimum atomic E-state index is -0.667. The third-order valence-electron chi connectivity index (χ3n) is 3.27. The van der Waals surface area contributed by atoms with E-state index in [4.69, 9.17) is 0 Å². The second-order valence-corrected chi connectivity index (χ2v) is 4.66. The average molecular weight is 215 g/mol. The van der Waals surface area contributed by atoms with Crippen molar-refractivity contribution in [2.75, 3.05) is 13.1 Å². The molecule has 1 atom stereocenters. The second-order valence-electron chi connectivity index (χ2n) is 4.66. The molecule has 88 valence electrons. The summed E-state index contributed by atoms with van der Waals surface area (Å²) in [7, 11) is 0. The van der Waals surface area contributed by atoms with E-state index in [2.05, 4.69) is 29.4 Å². The Hall–Kier alpha value is -1.10. The van der Waals surface area contributed by atoms with Crippen LogP contribution in [0.3, 0.4) is 0 Å². The maximum atomic E-state index is 11.7. The summed E-state index contributed by atoms with van der Waals surface area (Å²) in [6, 6.07) is 0.0538. The SMILES string of the molecule is CC(C)N1CCCC2(C1)NC(=O)NC2=O.[HH].[HH]. The van der Waals surface area contributed by atoms with Gasteiger partial charge in [-0.15, -0.1) is 0 Å². The van der Waals surface area contributed by atoms with Gasteiger partial charge in [-0.2, -0.15) is 0 Å². The van der Waals surface area contributed by atoms with Crippen LogP contribution < -0.4 is 10.6 Å². The van der Waals surface area contributed by atoms with Crippen LogP contribution in [0, 0.1) is 0 Å². The molecule has 0 aromatic rings. The number of carbonyl (C=O) groups is 2. The molecule has 1 unspecified atom stereocenters. The van der Waals surface area contributed by atoms with Gasteiger partial charge in [0.15, 0.2) is 0 Å². The molecule has 0 aliphatic carbocycles. The molecule has 15 heavy (non-hydrogen) atoms. The fourth-order valence-electron chi connectivity index (χ4n) is 2.34. The number of piperidine rings is 1. The molecule has 2 saturated heterocycles. The molecule has 0 aromatic heterocycles. The van der Waals surface area contributed by atoms with Gasteiger partial charge < -0.3 is 5.32 Å². The first kappa shape index (κ1) is 10.4. The highest BCUT2D eigenvalue weighted by atomic mass is 16.2. The maximum Gasteiger partial charge on any atom is 0.322 e. The maximum absolute atomic E-state index is 11.7. The van der Waals surface area contributed by atoms with Gasteiger partial charge in [0.05, 0.1) is 0 Å². The third kappa shape index (κ3) is 1.71. The summed E-state index contributed by atoms with van der Waals surface area (Å²) in [6.07, 6.45) is 1.69. The van der Waals surface area contributed by atoms with Gasteiger partial charge in [-0.05, 0) is 33.2 Å². The third-order valence-corrected chi connectivity index (χ3v) is 3.27. The van der Waals surface area contributed by atoms with Crippen LogP contribution in [0.25, 0.3) is 0 Å². The lowest BCUT2D eigenvalue weighted by atomic mass is 9.88. The van der Waals surface area contributed by atoms with E-state index < -0.39 is 5.54 Å². The summed E-state index contributed by atoms with van der Waals surface area (Å²) in [5, 5.41) is 5.08. The molecule has 2 fully saturated rings. The number of carbonyl (C=O) groups excluding carboxylic acids is 2. The van der Waals surface area contributed by atoms with Crippen molar-refractivity contribution in [1.82, 2.24) is 15.5 Å². The normalized spacial score (nSPS) is 32.2. The van der Waals surface area contributed by atoms with E-state index >= 15 is 0 Å². The van der Waals surface area contributed by atoms with Gasteiger partial charge in [-0.1, -0.05) is 0 Å². The topological polar surface area (TPSA) is 61.4 Å². The summed E-state index contributed by atoms with van der Waals surface area (Å²) in [5.74, 6) is -0.169. The van der Waals surface area contributed by atoms with Crippen LogP contribution in [0.1, 0.15) is 29.5 Å². The van der Waals surface area contributed by atoms with Crippen molar-refractivity contribution in [3.8, 4) is 0 Å². The number of amides is 3. The number of hydrogen-bond acceptors (Lipinski definition) is 3.